The summed E-state index contributed by atoms with van der Waals surface area (Å²) in [6.45, 7) is 2.42. The van der Waals surface area contributed by atoms with Gasteiger partial charge in [0.2, 0.25) is 0 Å². The van der Waals surface area contributed by atoms with Crippen LogP contribution in [0.15, 0.2) is 0 Å². The SMILES string of the molecule is NC(=O)NCCCOCCOCCO. The first-order valence-corrected chi connectivity index (χ1v) is 4.57. The number of carbonyl (C=O) groups excluding carboxylic acids is 1. The van der Waals surface area contributed by atoms with Gasteiger partial charge in [0.15, 0.2) is 0 Å². The summed E-state index contributed by atoms with van der Waals surface area (Å²) in [4.78, 5) is 10.2. The third kappa shape index (κ3) is 11.2. The topological polar surface area (TPSA) is 93.8 Å². The molecule has 0 fully saturated rings. The lowest BCUT2D eigenvalue weighted by molar-refractivity contribution is 0.0327. The molecule has 0 rings (SSSR count). The van der Waals surface area contributed by atoms with Gasteiger partial charge in [-0.15, -0.1) is 0 Å². The maximum atomic E-state index is 10.2. The molecule has 14 heavy (non-hydrogen) atoms. The molecule has 0 aromatic heterocycles. The van der Waals surface area contributed by atoms with Crippen molar-refractivity contribution in [2.24, 2.45) is 5.73 Å². The summed E-state index contributed by atoms with van der Waals surface area (Å²) in [5, 5.41) is 10.8. The van der Waals surface area contributed by atoms with E-state index in [1.165, 1.54) is 0 Å². The van der Waals surface area contributed by atoms with Gasteiger partial charge in [0.1, 0.15) is 0 Å². The Morgan fingerprint density at radius 1 is 1.21 bits per heavy atom. The van der Waals surface area contributed by atoms with Crippen molar-refractivity contribution >= 4 is 6.03 Å². The molecule has 2 amide bonds. The average Bonchev–Trinajstić information content (AvgIpc) is 2.15. The number of primary amides is 1. The number of carbonyl (C=O) groups is 1. The zero-order chi connectivity index (χ0) is 10.6. The van der Waals surface area contributed by atoms with E-state index in [0.717, 1.165) is 6.42 Å². The number of amides is 2. The van der Waals surface area contributed by atoms with Crippen LogP contribution < -0.4 is 11.1 Å². The van der Waals surface area contributed by atoms with Crippen LogP contribution in [0, 0.1) is 0 Å². The number of hydrogen-bond donors (Lipinski definition) is 3. The number of ether oxygens (including phenoxy) is 2. The van der Waals surface area contributed by atoms with Crippen molar-refractivity contribution in [1.82, 2.24) is 5.32 Å². The molecule has 0 atom stereocenters. The molecule has 0 radical (unpaired) electrons. The predicted octanol–water partition coefficient (Wildman–Crippen LogP) is -0.930. The second-order valence-electron chi connectivity index (χ2n) is 2.59. The van der Waals surface area contributed by atoms with E-state index >= 15 is 0 Å². The highest BCUT2D eigenvalue weighted by atomic mass is 16.5. The molecule has 6 nitrogen and oxygen atoms in total. The number of rotatable bonds is 9. The fraction of sp³-hybridized carbons (Fsp3) is 0.875. The van der Waals surface area contributed by atoms with Crippen LogP contribution in [0.1, 0.15) is 6.42 Å². The largest absolute Gasteiger partial charge is 0.394 e. The van der Waals surface area contributed by atoms with E-state index in [0.29, 0.717) is 33.0 Å². The molecule has 0 saturated carbocycles. The standard InChI is InChI=1S/C8H18N2O4/c9-8(12)10-2-1-4-13-6-7-14-5-3-11/h11H,1-7H2,(H3,9,10,12). The smallest absolute Gasteiger partial charge is 0.312 e. The molecule has 0 aromatic rings. The molecule has 0 heterocycles. The lowest BCUT2D eigenvalue weighted by atomic mass is 10.4. The fourth-order valence-corrected chi connectivity index (χ4v) is 0.772. The summed E-state index contributed by atoms with van der Waals surface area (Å²) >= 11 is 0. The number of aliphatic hydroxyl groups excluding tert-OH is 1. The summed E-state index contributed by atoms with van der Waals surface area (Å²) in [6.07, 6.45) is 0.725. The van der Waals surface area contributed by atoms with Crippen molar-refractivity contribution in [2.75, 3.05) is 39.6 Å². The van der Waals surface area contributed by atoms with Crippen LogP contribution in [0.3, 0.4) is 0 Å². The van der Waals surface area contributed by atoms with Gasteiger partial charge < -0.3 is 25.6 Å². The van der Waals surface area contributed by atoms with Crippen LogP contribution in [0.2, 0.25) is 0 Å². The fourth-order valence-electron chi connectivity index (χ4n) is 0.772. The van der Waals surface area contributed by atoms with Gasteiger partial charge >= 0.3 is 6.03 Å². The molecule has 0 saturated heterocycles. The van der Waals surface area contributed by atoms with Crippen LogP contribution >= 0.6 is 0 Å². The summed E-state index contributed by atoms with van der Waals surface area (Å²) in [7, 11) is 0. The van der Waals surface area contributed by atoms with Crippen molar-refractivity contribution in [3.05, 3.63) is 0 Å². The Labute approximate surface area is 83.4 Å². The predicted molar refractivity (Wildman–Crippen MR) is 50.9 cm³/mol. The van der Waals surface area contributed by atoms with E-state index < -0.39 is 6.03 Å². The first-order valence-electron chi connectivity index (χ1n) is 4.57. The van der Waals surface area contributed by atoms with Crippen LogP contribution in [0.4, 0.5) is 4.79 Å². The molecule has 0 aliphatic carbocycles. The normalized spacial score (nSPS) is 10.1. The highest BCUT2D eigenvalue weighted by Crippen LogP contribution is 1.82. The van der Waals surface area contributed by atoms with E-state index in [2.05, 4.69) is 5.32 Å². The number of nitrogens with one attached hydrogen (secondary N) is 1. The zero-order valence-corrected chi connectivity index (χ0v) is 8.20. The second kappa shape index (κ2) is 10.2. The summed E-state index contributed by atoms with van der Waals surface area (Å²) in [5.41, 5.74) is 4.85. The number of hydrogen-bond acceptors (Lipinski definition) is 4. The Morgan fingerprint density at radius 3 is 2.43 bits per heavy atom. The minimum absolute atomic E-state index is 0.0303. The Hall–Kier alpha value is -0.850. The number of urea groups is 1. The van der Waals surface area contributed by atoms with Crippen LogP contribution in [0.25, 0.3) is 0 Å². The first-order chi connectivity index (χ1) is 6.77. The molecular weight excluding hydrogens is 188 g/mol. The van der Waals surface area contributed by atoms with Gasteiger partial charge in [0, 0.05) is 13.2 Å². The van der Waals surface area contributed by atoms with Gasteiger partial charge in [-0.1, -0.05) is 0 Å². The minimum Gasteiger partial charge on any atom is -0.394 e. The first kappa shape index (κ1) is 13.2. The lowest BCUT2D eigenvalue weighted by Gasteiger charge is -2.04. The van der Waals surface area contributed by atoms with Gasteiger partial charge in [-0.3, -0.25) is 0 Å². The Bertz CT molecular complexity index is 143. The Morgan fingerprint density at radius 2 is 1.86 bits per heavy atom. The van der Waals surface area contributed by atoms with Crippen LogP contribution in [-0.2, 0) is 9.47 Å². The van der Waals surface area contributed by atoms with Crippen LogP contribution in [-0.4, -0.2) is 50.7 Å². The number of nitrogens with two attached hydrogens (primary N) is 1. The minimum atomic E-state index is -0.517. The highest BCUT2D eigenvalue weighted by Gasteiger charge is 1.92. The molecule has 0 bridgehead atoms. The van der Waals surface area contributed by atoms with E-state index in [1.54, 1.807) is 0 Å². The van der Waals surface area contributed by atoms with Gasteiger partial charge in [0.05, 0.1) is 26.4 Å². The summed E-state index contributed by atoms with van der Waals surface area (Å²) in [5.74, 6) is 0. The summed E-state index contributed by atoms with van der Waals surface area (Å²) in [6, 6.07) is -0.517. The Balaban J connectivity index is 2.88. The van der Waals surface area contributed by atoms with Crippen LogP contribution in [0.5, 0.6) is 0 Å². The second-order valence-corrected chi connectivity index (χ2v) is 2.59. The van der Waals surface area contributed by atoms with Crippen molar-refractivity contribution in [3.8, 4) is 0 Å². The zero-order valence-electron chi connectivity index (χ0n) is 8.20. The van der Waals surface area contributed by atoms with Crippen molar-refractivity contribution < 1.29 is 19.4 Å². The lowest BCUT2D eigenvalue weighted by Crippen LogP contribution is -2.30. The van der Waals surface area contributed by atoms with E-state index in [9.17, 15) is 4.79 Å². The Kier molecular flexibility index (Phi) is 9.61. The van der Waals surface area contributed by atoms with E-state index in [1.807, 2.05) is 0 Å². The molecule has 0 unspecified atom stereocenters. The molecular formula is C8H18N2O4. The third-order valence-corrected chi connectivity index (χ3v) is 1.37. The molecule has 0 aromatic carbocycles. The maximum Gasteiger partial charge on any atom is 0.312 e. The maximum absolute atomic E-state index is 10.2. The van der Waals surface area contributed by atoms with E-state index in [4.69, 9.17) is 20.3 Å². The van der Waals surface area contributed by atoms with E-state index in [-0.39, 0.29) is 6.61 Å². The molecule has 6 heteroatoms. The molecule has 0 aliphatic heterocycles. The molecule has 0 aliphatic rings. The molecule has 4 N–H and O–H groups in total. The van der Waals surface area contributed by atoms with Crippen molar-refractivity contribution in [3.63, 3.8) is 0 Å². The van der Waals surface area contributed by atoms with Gasteiger partial charge in [-0.05, 0) is 6.42 Å². The molecule has 84 valence electrons. The monoisotopic (exact) mass is 206 g/mol. The van der Waals surface area contributed by atoms with Crippen molar-refractivity contribution in [2.45, 2.75) is 6.42 Å². The third-order valence-electron chi connectivity index (χ3n) is 1.37. The molecule has 0 spiro atoms. The van der Waals surface area contributed by atoms with Gasteiger partial charge in [-0.2, -0.15) is 0 Å². The number of aliphatic hydroxyl groups is 1. The van der Waals surface area contributed by atoms with Gasteiger partial charge in [0.25, 0.3) is 0 Å². The van der Waals surface area contributed by atoms with Gasteiger partial charge in [-0.25, -0.2) is 4.79 Å². The van der Waals surface area contributed by atoms with Crippen molar-refractivity contribution in [1.29, 1.82) is 0 Å². The quantitative estimate of drug-likeness (QED) is 0.425. The highest BCUT2D eigenvalue weighted by molar-refractivity contribution is 5.71. The summed E-state index contributed by atoms with van der Waals surface area (Å²) < 4.78 is 10.1. The average molecular weight is 206 g/mol.